The van der Waals surface area contributed by atoms with Crippen molar-refractivity contribution in [2.75, 3.05) is 12.3 Å². The molecule has 2 aromatic rings. The molecule has 0 aliphatic carbocycles. The summed E-state index contributed by atoms with van der Waals surface area (Å²) in [6, 6.07) is 18.8. The lowest BCUT2D eigenvalue weighted by Gasteiger charge is -2.25. The van der Waals surface area contributed by atoms with Gasteiger partial charge in [0.25, 0.3) is 0 Å². The molecule has 3 rings (SSSR count). The number of anilines is 1. The van der Waals surface area contributed by atoms with E-state index in [2.05, 4.69) is 29.2 Å². The molecule has 1 aliphatic heterocycles. The molecule has 1 unspecified atom stereocenters. The highest BCUT2D eigenvalue weighted by atomic mass is 16.2. The second-order valence-electron chi connectivity index (χ2n) is 6.61. The lowest BCUT2D eigenvalue weighted by Crippen LogP contribution is -2.36. The van der Waals surface area contributed by atoms with Gasteiger partial charge in [0.2, 0.25) is 5.91 Å². The van der Waals surface area contributed by atoms with Crippen LogP contribution in [0.25, 0.3) is 0 Å². The summed E-state index contributed by atoms with van der Waals surface area (Å²) in [6.45, 7) is 0.905. The van der Waals surface area contributed by atoms with E-state index in [0.717, 1.165) is 49.9 Å². The normalized spacial score (nSPS) is 17.2. The number of benzene rings is 2. The van der Waals surface area contributed by atoms with E-state index in [0.29, 0.717) is 12.5 Å². The number of likely N-dealkylation sites (tertiary alicyclic amines) is 1. The maximum Gasteiger partial charge on any atom is 0.223 e. The molecule has 1 atom stereocenters. The largest absolute Gasteiger partial charge is 0.399 e. The van der Waals surface area contributed by atoms with Gasteiger partial charge in [-0.3, -0.25) is 4.79 Å². The fraction of sp³-hybridized carbons (Fsp3) is 0.381. The van der Waals surface area contributed by atoms with Gasteiger partial charge in [-0.2, -0.15) is 0 Å². The van der Waals surface area contributed by atoms with Gasteiger partial charge < -0.3 is 10.6 Å². The predicted octanol–water partition coefficient (Wildman–Crippen LogP) is 3.83. The van der Waals surface area contributed by atoms with Crippen LogP contribution in [-0.4, -0.2) is 23.4 Å². The molecule has 3 heteroatoms. The Balaban J connectivity index is 1.52. The fourth-order valence-electron chi connectivity index (χ4n) is 3.59. The van der Waals surface area contributed by atoms with Crippen molar-refractivity contribution < 1.29 is 4.79 Å². The first-order valence-electron chi connectivity index (χ1n) is 8.91. The second kappa shape index (κ2) is 8.00. The molecule has 0 saturated carbocycles. The van der Waals surface area contributed by atoms with E-state index in [4.69, 9.17) is 5.73 Å². The van der Waals surface area contributed by atoms with Gasteiger partial charge >= 0.3 is 0 Å². The summed E-state index contributed by atoms with van der Waals surface area (Å²) in [6.07, 6.45) is 5.64. The highest BCUT2D eigenvalue weighted by Crippen LogP contribution is 2.23. The van der Waals surface area contributed by atoms with Crippen molar-refractivity contribution >= 4 is 11.6 Å². The quantitative estimate of drug-likeness (QED) is 0.822. The van der Waals surface area contributed by atoms with Gasteiger partial charge in [-0.25, -0.2) is 0 Å². The van der Waals surface area contributed by atoms with Gasteiger partial charge in [0.15, 0.2) is 0 Å². The minimum absolute atomic E-state index is 0.272. The highest BCUT2D eigenvalue weighted by molar-refractivity contribution is 5.77. The number of nitrogen functional groups attached to an aromatic ring is 1. The summed E-state index contributed by atoms with van der Waals surface area (Å²) in [5.74, 6) is 0.272. The monoisotopic (exact) mass is 322 g/mol. The minimum atomic E-state index is 0.272. The van der Waals surface area contributed by atoms with Crippen molar-refractivity contribution in [1.29, 1.82) is 0 Å². The van der Waals surface area contributed by atoms with Crippen LogP contribution in [0.4, 0.5) is 5.69 Å². The number of hydrogen-bond donors (Lipinski definition) is 1. The number of hydrogen-bond acceptors (Lipinski definition) is 2. The first-order chi connectivity index (χ1) is 11.7. The molecule has 0 radical (unpaired) electrons. The van der Waals surface area contributed by atoms with Gasteiger partial charge in [0, 0.05) is 24.7 Å². The molecule has 2 N–H and O–H groups in total. The number of amides is 1. The Labute approximate surface area is 144 Å². The molecule has 1 aliphatic rings. The third-order valence-electron chi connectivity index (χ3n) is 4.97. The fourth-order valence-corrected chi connectivity index (χ4v) is 3.59. The van der Waals surface area contributed by atoms with E-state index in [1.807, 2.05) is 30.3 Å². The van der Waals surface area contributed by atoms with Gasteiger partial charge in [0.05, 0.1) is 0 Å². The average Bonchev–Trinajstić information content (AvgIpc) is 3.08. The molecule has 1 fully saturated rings. The Morgan fingerprint density at radius 2 is 1.79 bits per heavy atom. The molecule has 1 amide bonds. The number of aryl methyl sites for hydroxylation is 2. The van der Waals surface area contributed by atoms with Gasteiger partial charge in [-0.05, 0) is 49.3 Å². The molecule has 126 valence electrons. The molecule has 24 heavy (non-hydrogen) atoms. The van der Waals surface area contributed by atoms with E-state index in [-0.39, 0.29) is 5.91 Å². The molecule has 0 aromatic heterocycles. The molecule has 3 nitrogen and oxygen atoms in total. The van der Waals surface area contributed by atoms with E-state index in [1.165, 1.54) is 5.56 Å². The van der Waals surface area contributed by atoms with E-state index in [1.54, 1.807) is 0 Å². The van der Waals surface area contributed by atoms with Crippen LogP contribution >= 0.6 is 0 Å². The van der Waals surface area contributed by atoms with Crippen LogP contribution in [0, 0.1) is 0 Å². The molecule has 1 heterocycles. The smallest absolute Gasteiger partial charge is 0.223 e. The maximum absolute atomic E-state index is 12.6. The summed E-state index contributed by atoms with van der Waals surface area (Å²) in [7, 11) is 0. The lowest BCUT2D eigenvalue weighted by atomic mass is 10.0. The topological polar surface area (TPSA) is 46.3 Å². The van der Waals surface area contributed by atoms with Crippen molar-refractivity contribution in [1.82, 2.24) is 4.90 Å². The summed E-state index contributed by atoms with van der Waals surface area (Å²) < 4.78 is 0. The number of rotatable bonds is 6. The third-order valence-corrected chi connectivity index (χ3v) is 4.97. The standard InChI is InChI=1S/C21H26N2O/c22-20-11-5-4-9-18(20)13-15-21(24)23-16-6-10-19(23)14-12-17-7-2-1-3-8-17/h1-5,7-9,11,19H,6,10,12-16,22H2. The van der Waals surface area contributed by atoms with Crippen molar-refractivity contribution in [3.8, 4) is 0 Å². The molecule has 0 bridgehead atoms. The van der Waals surface area contributed by atoms with Crippen LogP contribution in [0.5, 0.6) is 0 Å². The van der Waals surface area contributed by atoms with Gasteiger partial charge in [-0.1, -0.05) is 48.5 Å². The third kappa shape index (κ3) is 4.16. The first-order valence-corrected chi connectivity index (χ1v) is 8.91. The number of nitrogens with two attached hydrogens (primary N) is 1. The zero-order valence-corrected chi connectivity index (χ0v) is 14.2. The van der Waals surface area contributed by atoms with E-state index in [9.17, 15) is 4.79 Å². The first kappa shape index (κ1) is 16.6. The summed E-state index contributed by atoms with van der Waals surface area (Å²) in [4.78, 5) is 14.7. The zero-order valence-electron chi connectivity index (χ0n) is 14.2. The molecule has 1 saturated heterocycles. The Bertz CT molecular complexity index is 669. The number of carbonyl (C=O) groups excluding carboxylic acids is 1. The molecular weight excluding hydrogens is 296 g/mol. The highest BCUT2D eigenvalue weighted by Gasteiger charge is 2.27. The van der Waals surface area contributed by atoms with Crippen molar-refractivity contribution in [2.24, 2.45) is 0 Å². The van der Waals surface area contributed by atoms with Crippen LogP contribution in [0.15, 0.2) is 54.6 Å². The second-order valence-corrected chi connectivity index (χ2v) is 6.61. The van der Waals surface area contributed by atoms with Crippen LogP contribution in [0.1, 0.15) is 36.8 Å². The SMILES string of the molecule is Nc1ccccc1CCC(=O)N1CCCC1CCc1ccccc1. The average molecular weight is 322 g/mol. The molecular formula is C21H26N2O. The summed E-state index contributed by atoms with van der Waals surface area (Å²) in [5.41, 5.74) is 9.19. The Kier molecular flexibility index (Phi) is 5.52. The maximum atomic E-state index is 12.6. The summed E-state index contributed by atoms with van der Waals surface area (Å²) in [5, 5.41) is 0. The van der Waals surface area contributed by atoms with Gasteiger partial charge in [-0.15, -0.1) is 0 Å². The van der Waals surface area contributed by atoms with E-state index < -0.39 is 0 Å². The summed E-state index contributed by atoms with van der Waals surface area (Å²) >= 11 is 0. The Morgan fingerprint density at radius 3 is 2.58 bits per heavy atom. The van der Waals surface area contributed by atoms with Crippen molar-refractivity contribution in [3.05, 3.63) is 65.7 Å². The Hall–Kier alpha value is -2.29. The van der Waals surface area contributed by atoms with Crippen molar-refractivity contribution in [2.45, 2.75) is 44.6 Å². The van der Waals surface area contributed by atoms with Crippen LogP contribution < -0.4 is 5.73 Å². The minimum Gasteiger partial charge on any atom is -0.399 e. The van der Waals surface area contributed by atoms with Crippen LogP contribution in [-0.2, 0) is 17.6 Å². The number of carbonyl (C=O) groups is 1. The number of nitrogens with zero attached hydrogens (tertiary/aromatic N) is 1. The number of para-hydroxylation sites is 1. The van der Waals surface area contributed by atoms with E-state index >= 15 is 0 Å². The predicted molar refractivity (Wildman–Crippen MR) is 98.7 cm³/mol. The zero-order chi connectivity index (χ0) is 16.8. The Morgan fingerprint density at radius 1 is 1.04 bits per heavy atom. The van der Waals surface area contributed by atoms with Crippen LogP contribution in [0.3, 0.4) is 0 Å². The van der Waals surface area contributed by atoms with Crippen LogP contribution in [0.2, 0.25) is 0 Å². The van der Waals surface area contributed by atoms with Gasteiger partial charge in [0.1, 0.15) is 0 Å². The lowest BCUT2D eigenvalue weighted by molar-refractivity contribution is -0.132. The molecule has 0 spiro atoms. The molecule has 2 aromatic carbocycles. The van der Waals surface area contributed by atoms with Crippen molar-refractivity contribution in [3.63, 3.8) is 0 Å².